The summed E-state index contributed by atoms with van der Waals surface area (Å²) in [5, 5.41) is 0. The van der Waals surface area contributed by atoms with Crippen LogP contribution in [-0.2, 0) is 19.2 Å². The standard InChI is InChI=1S/C6H11N2.4BrH.Mn/c1-3-8-5-4-7(2)6-8;;;;;/h4-6H,3H2,1-2H3;4*1H;/q+1;;;;;+4/p-4. The first kappa shape index (κ1) is 14.6. The van der Waals surface area contributed by atoms with Gasteiger partial charge in [0.25, 0.3) is 0 Å². The van der Waals surface area contributed by atoms with Crippen molar-refractivity contribution in [3.63, 3.8) is 0 Å². The van der Waals surface area contributed by atoms with Crippen LogP contribution in [0.2, 0.25) is 0 Å². The van der Waals surface area contributed by atoms with Crippen LogP contribution in [0.3, 0.4) is 0 Å². The van der Waals surface area contributed by atoms with E-state index in [9.17, 15) is 0 Å². The summed E-state index contributed by atoms with van der Waals surface area (Å²) in [4.78, 5) is 0. The molecule has 0 unspecified atom stereocenters. The molecule has 7 heteroatoms. The van der Waals surface area contributed by atoms with Crippen LogP contribution >= 0.6 is 56.4 Å². The van der Waals surface area contributed by atoms with E-state index in [4.69, 9.17) is 0 Å². The van der Waals surface area contributed by atoms with Crippen molar-refractivity contribution in [2.24, 2.45) is 7.05 Å². The molecule has 1 aromatic heterocycles. The van der Waals surface area contributed by atoms with E-state index in [0.717, 1.165) is 6.54 Å². The molecule has 0 saturated carbocycles. The van der Waals surface area contributed by atoms with Gasteiger partial charge in [-0.15, -0.1) is 0 Å². The average molecular weight is 486 g/mol. The third-order valence-electron chi connectivity index (χ3n) is 1.19. The molecule has 0 saturated heterocycles. The van der Waals surface area contributed by atoms with Gasteiger partial charge in [-0.1, -0.05) is 0 Å². The van der Waals surface area contributed by atoms with Gasteiger partial charge in [-0.2, -0.15) is 0 Å². The summed E-state index contributed by atoms with van der Waals surface area (Å²) in [5.74, 6) is 0. The predicted octanol–water partition coefficient (Wildman–Crippen LogP) is 3.71. The van der Waals surface area contributed by atoms with Crippen LogP contribution in [0.25, 0.3) is 0 Å². The Kier molecular flexibility index (Phi) is 7.90. The number of aryl methyl sites for hydroxylation is 2. The summed E-state index contributed by atoms with van der Waals surface area (Å²) < 4.78 is 4.16. The van der Waals surface area contributed by atoms with Gasteiger partial charge in [0.15, 0.2) is 0 Å². The van der Waals surface area contributed by atoms with Crippen molar-refractivity contribution in [1.29, 1.82) is 0 Å². The normalized spacial score (nSPS) is 11.8. The molecule has 0 aliphatic heterocycles. The second kappa shape index (κ2) is 7.01. The zero-order valence-corrected chi connectivity index (χ0v) is 14.7. The van der Waals surface area contributed by atoms with Crippen LogP contribution in [-0.4, -0.2) is 4.57 Å². The first-order valence-electron chi connectivity index (χ1n) is 3.41. The quantitative estimate of drug-likeness (QED) is 0.424. The van der Waals surface area contributed by atoms with Gasteiger partial charge in [-0.3, -0.25) is 0 Å². The van der Waals surface area contributed by atoms with Crippen LogP contribution < -0.4 is 4.57 Å². The molecule has 0 spiro atoms. The Bertz CT molecular complexity index is 239. The first-order valence-corrected chi connectivity index (χ1v) is 15.1. The Balaban J connectivity index is 0.000000252. The average Bonchev–Trinajstić information content (AvgIpc) is 2.31. The van der Waals surface area contributed by atoms with Crippen LogP contribution in [0.4, 0.5) is 0 Å². The third-order valence-corrected chi connectivity index (χ3v) is 1.19. The van der Waals surface area contributed by atoms with E-state index in [2.05, 4.69) is 80.5 Å². The molecule has 79 valence electrons. The number of aromatic nitrogens is 2. The maximum absolute atomic E-state index is 3.27. The fourth-order valence-corrected chi connectivity index (χ4v) is 0.689. The van der Waals surface area contributed by atoms with E-state index >= 15 is 0 Å². The molecule has 0 amide bonds. The van der Waals surface area contributed by atoms with E-state index < -0.39 is 5.61 Å². The maximum atomic E-state index is 3.27. The van der Waals surface area contributed by atoms with Gasteiger partial charge in [-0.25, -0.2) is 9.13 Å². The molecule has 13 heavy (non-hydrogen) atoms. The molecule has 0 aromatic carbocycles. The third kappa shape index (κ3) is 11.6. The molecular weight excluding hydrogens is 475 g/mol. The van der Waals surface area contributed by atoms with Crippen LogP contribution in [0.15, 0.2) is 18.7 Å². The molecule has 0 radical (unpaired) electrons. The van der Waals surface area contributed by atoms with Crippen molar-refractivity contribution in [3.05, 3.63) is 18.7 Å². The summed E-state index contributed by atoms with van der Waals surface area (Å²) >= 11 is 13.1. The minimum atomic E-state index is -1.38. The van der Waals surface area contributed by atoms with Gasteiger partial charge in [0.2, 0.25) is 6.33 Å². The topological polar surface area (TPSA) is 8.81 Å². The van der Waals surface area contributed by atoms with Gasteiger partial charge < -0.3 is 0 Å². The Hall–Kier alpha value is 1.65. The monoisotopic (exact) mass is 482 g/mol. The molecule has 1 heterocycles. The van der Waals surface area contributed by atoms with Crippen LogP contribution in [0.1, 0.15) is 6.92 Å². The Morgan fingerprint density at radius 3 is 1.92 bits per heavy atom. The summed E-state index contributed by atoms with van der Waals surface area (Å²) in [6, 6.07) is 0. The second-order valence-corrected chi connectivity index (χ2v) is 38.0. The van der Waals surface area contributed by atoms with Crippen molar-refractivity contribution >= 4 is 56.4 Å². The number of rotatable bonds is 1. The van der Waals surface area contributed by atoms with Crippen molar-refractivity contribution in [2.45, 2.75) is 13.5 Å². The van der Waals surface area contributed by atoms with E-state index in [0.29, 0.717) is 0 Å². The number of hydrogen-bond acceptors (Lipinski definition) is 0. The number of nitrogens with zero attached hydrogens (tertiary/aromatic N) is 2. The molecule has 0 atom stereocenters. The number of imidazole rings is 1. The summed E-state index contributed by atoms with van der Waals surface area (Å²) in [7, 11) is 2.02. The SMILES string of the molecule is CCn1cc[n+](C)c1.[Br][Mn]([Br])([Br])[Br]. The molecule has 1 aromatic rings. The first-order chi connectivity index (χ1) is 5.83. The zero-order chi connectivity index (χ0) is 10.5. The minimum absolute atomic E-state index is 1.06. The number of halogens is 4. The van der Waals surface area contributed by atoms with Crippen LogP contribution in [0.5, 0.6) is 0 Å². The molecule has 0 fully saturated rings. The zero-order valence-electron chi connectivity index (χ0n) is 7.22. The summed E-state index contributed by atoms with van der Waals surface area (Å²) in [6.07, 6.45) is 6.14. The van der Waals surface area contributed by atoms with Crippen molar-refractivity contribution in [2.75, 3.05) is 0 Å². The molecule has 0 N–H and O–H groups in total. The fourth-order valence-electron chi connectivity index (χ4n) is 0.689. The van der Waals surface area contributed by atoms with Gasteiger partial charge >= 0.3 is 62.1 Å². The van der Waals surface area contributed by atoms with Gasteiger partial charge in [0.1, 0.15) is 12.4 Å². The second-order valence-electron chi connectivity index (χ2n) is 2.23. The van der Waals surface area contributed by atoms with E-state index in [1.165, 1.54) is 0 Å². The molecule has 0 aliphatic rings. The van der Waals surface area contributed by atoms with Gasteiger partial charge in [0.05, 0.1) is 13.6 Å². The Morgan fingerprint density at radius 1 is 1.31 bits per heavy atom. The van der Waals surface area contributed by atoms with Gasteiger partial charge in [-0.05, 0) is 6.92 Å². The molecule has 0 bridgehead atoms. The van der Waals surface area contributed by atoms with Crippen molar-refractivity contribution in [1.82, 2.24) is 4.57 Å². The van der Waals surface area contributed by atoms with E-state index in [1.54, 1.807) is 0 Å². The molecular formula is C6H11Br4MnN2+. The molecule has 1 rings (SSSR count). The van der Waals surface area contributed by atoms with Crippen molar-refractivity contribution < 1.29 is 10.2 Å². The predicted molar refractivity (Wildman–Crippen MR) is 67.0 cm³/mol. The van der Waals surface area contributed by atoms with Crippen molar-refractivity contribution in [3.8, 4) is 0 Å². The fraction of sp³-hybridized carbons (Fsp3) is 0.500. The summed E-state index contributed by atoms with van der Waals surface area (Å²) in [5.41, 5.74) is -1.38. The number of hydrogen-bond donors (Lipinski definition) is 0. The molecule has 2 nitrogen and oxygen atoms in total. The van der Waals surface area contributed by atoms with Gasteiger partial charge in [0, 0.05) is 0 Å². The Morgan fingerprint density at radius 2 is 1.77 bits per heavy atom. The van der Waals surface area contributed by atoms with E-state index in [-0.39, 0.29) is 0 Å². The van der Waals surface area contributed by atoms with Crippen LogP contribution in [0, 0.1) is 0 Å². The Labute approximate surface area is 109 Å². The molecule has 0 aliphatic carbocycles. The summed E-state index contributed by atoms with van der Waals surface area (Å²) in [6.45, 7) is 3.18. The van der Waals surface area contributed by atoms with E-state index in [1.807, 2.05) is 17.8 Å².